The number of rotatable bonds is 7. The highest BCUT2D eigenvalue weighted by Crippen LogP contribution is 2.35. The van der Waals surface area contributed by atoms with Gasteiger partial charge in [-0.15, -0.1) is 12.6 Å². The van der Waals surface area contributed by atoms with Crippen LogP contribution in [0.4, 0.5) is 0 Å². The van der Waals surface area contributed by atoms with Crippen molar-refractivity contribution >= 4 is 22.7 Å². The van der Waals surface area contributed by atoms with Crippen LogP contribution in [0.3, 0.4) is 0 Å². The molecule has 0 amide bonds. The number of aliphatic hydroxyl groups is 1. The van der Waals surface area contributed by atoms with Gasteiger partial charge in [0.05, 0.1) is 28.6 Å². The predicted octanol–water partition coefficient (Wildman–Crippen LogP) is 3.16. The van der Waals surface area contributed by atoms with E-state index in [0.29, 0.717) is 0 Å². The molecule has 0 radical (unpaired) electrons. The third-order valence-electron chi connectivity index (χ3n) is 3.82. The van der Waals surface area contributed by atoms with E-state index in [-0.39, 0.29) is 11.5 Å². The monoisotopic (exact) mass is 376 g/mol. The van der Waals surface area contributed by atoms with Crippen LogP contribution in [0.5, 0.6) is 0 Å². The topological polar surface area (TPSA) is 72.8 Å². The maximum atomic E-state index is 12.4. The Hall–Kier alpha value is -0.600. The quantitative estimate of drug-likeness (QED) is 0.434. The third-order valence-corrected chi connectivity index (χ3v) is 5.79. The van der Waals surface area contributed by atoms with E-state index < -0.39 is 32.7 Å². The van der Waals surface area contributed by atoms with Crippen LogP contribution in [0.2, 0.25) is 0 Å². The predicted molar refractivity (Wildman–Crippen MR) is 97.7 cm³/mol. The van der Waals surface area contributed by atoms with Gasteiger partial charge in [-0.25, -0.2) is 0 Å². The summed E-state index contributed by atoms with van der Waals surface area (Å²) in [6.07, 6.45) is -0.879. The van der Waals surface area contributed by atoms with Crippen molar-refractivity contribution in [3.05, 3.63) is 29.8 Å². The van der Waals surface area contributed by atoms with E-state index in [1.165, 1.54) is 12.1 Å². The molecule has 1 N–H and O–H groups in total. The minimum atomic E-state index is -3.92. The highest BCUT2D eigenvalue weighted by atomic mass is 32.2. The Morgan fingerprint density at radius 1 is 1.17 bits per heavy atom. The summed E-state index contributed by atoms with van der Waals surface area (Å²) in [4.78, 5) is 0.0773. The van der Waals surface area contributed by atoms with Crippen LogP contribution >= 0.6 is 12.6 Å². The van der Waals surface area contributed by atoms with Crippen LogP contribution in [0.1, 0.15) is 40.2 Å². The van der Waals surface area contributed by atoms with Gasteiger partial charge in [0.2, 0.25) is 0 Å². The number of aliphatic hydroxyl groups excluding tert-OH is 1. The fourth-order valence-corrected chi connectivity index (χ4v) is 3.47. The molecule has 0 spiro atoms. The normalized spacial score (nSPS) is 18.0. The fraction of sp³-hybridized carbons (Fsp3) is 0.647. The van der Waals surface area contributed by atoms with Crippen LogP contribution in [-0.4, -0.2) is 37.3 Å². The largest absolute Gasteiger partial charge is 0.393 e. The molecular weight excluding hydrogens is 348 g/mol. The average Bonchev–Trinajstić information content (AvgIpc) is 2.43. The Morgan fingerprint density at radius 2 is 1.67 bits per heavy atom. The molecule has 138 valence electrons. The number of hydrogen-bond donors (Lipinski definition) is 2. The van der Waals surface area contributed by atoms with E-state index in [1.54, 1.807) is 26.0 Å². The van der Waals surface area contributed by atoms with Gasteiger partial charge >= 0.3 is 0 Å². The summed E-state index contributed by atoms with van der Waals surface area (Å²) in [5.74, 6) is 0. The Morgan fingerprint density at radius 3 is 2.08 bits per heavy atom. The smallest absolute Gasteiger partial charge is 0.296 e. The first-order valence-electron chi connectivity index (χ1n) is 7.78. The lowest BCUT2D eigenvalue weighted by molar-refractivity contribution is -0.113. The third kappa shape index (κ3) is 5.74. The van der Waals surface area contributed by atoms with Gasteiger partial charge in [-0.05, 0) is 46.8 Å². The molecule has 0 aliphatic carbocycles. The lowest BCUT2D eigenvalue weighted by atomic mass is 9.86. The number of ether oxygens (including phenoxy) is 1. The Kier molecular flexibility index (Phi) is 6.92. The molecule has 0 aromatic heterocycles. The second-order valence-electron chi connectivity index (χ2n) is 7.29. The molecule has 7 heteroatoms. The van der Waals surface area contributed by atoms with Gasteiger partial charge in [-0.3, -0.25) is 4.18 Å². The van der Waals surface area contributed by atoms with Crippen molar-refractivity contribution < 1.29 is 22.4 Å². The summed E-state index contributed by atoms with van der Waals surface area (Å²) in [7, 11) is -3.92. The van der Waals surface area contributed by atoms with E-state index in [9.17, 15) is 13.5 Å². The minimum Gasteiger partial charge on any atom is -0.393 e. The van der Waals surface area contributed by atoms with E-state index in [2.05, 4.69) is 12.6 Å². The summed E-state index contributed by atoms with van der Waals surface area (Å²) in [6.45, 7) is 10.5. The molecule has 1 aromatic carbocycles. The second kappa shape index (κ2) is 7.74. The van der Waals surface area contributed by atoms with Gasteiger partial charge in [-0.2, -0.15) is 8.42 Å². The van der Waals surface area contributed by atoms with Crippen LogP contribution in [0, 0.1) is 12.3 Å². The highest BCUT2D eigenvalue weighted by molar-refractivity contribution is 7.86. The molecule has 5 nitrogen and oxygen atoms in total. The number of hydrogen-bond acceptors (Lipinski definition) is 6. The second-order valence-corrected chi connectivity index (χ2v) is 9.38. The van der Waals surface area contributed by atoms with E-state index in [4.69, 9.17) is 8.92 Å². The zero-order valence-electron chi connectivity index (χ0n) is 15.1. The molecule has 0 fully saturated rings. The van der Waals surface area contributed by atoms with Gasteiger partial charge in [0, 0.05) is 0 Å². The van der Waals surface area contributed by atoms with Crippen LogP contribution < -0.4 is 0 Å². The Balaban J connectivity index is 2.95. The van der Waals surface area contributed by atoms with Crippen molar-refractivity contribution in [3.8, 4) is 0 Å². The zero-order chi connectivity index (χ0) is 18.8. The maximum Gasteiger partial charge on any atom is 0.296 e. The first-order chi connectivity index (χ1) is 10.8. The molecule has 0 heterocycles. The molecule has 0 aliphatic heterocycles. The van der Waals surface area contributed by atoms with E-state index >= 15 is 0 Å². The number of thiol groups is 1. The first-order valence-corrected chi connectivity index (χ1v) is 9.70. The molecule has 3 atom stereocenters. The molecule has 0 saturated carbocycles. The summed E-state index contributed by atoms with van der Waals surface area (Å²) in [6, 6.07) is 6.39. The molecule has 1 rings (SSSR count). The molecule has 0 saturated heterocycles. The molecular formula is C17H28O5S2. The van der Waals surface area contributed by atoms with E-state index in [0.717, 1.165) is 5.56 Å². The van der Waals surface area contributed by atoms with Crippen molar-refractivity contribution in [1.29, 1.82) is 0 Å². The average molecular weight is 377 g/mol. The van der Waals surface area contributed by atoms with Crippen LogP contribution in [0.15, 0.2) is 29.2 Å². The van der Waals surface area contributed by atoms with Crippen molar-refractivity contribution in [1.82, 2.24) is 0 Å². The van der Waals surface area contributed by atoms with Gasteiger partial charge in [0.15, 0.2) is 0 Å². The SMILES string of the molecule is Cc1ccc(S(=O)(=O)OCC(C)(C(C)O)C(S)OC(C)(C)C)cc1. The number of benzene rings is 1. The highest BCUT2D eigenvalue weighted by Gasteiger charge is 2.41. The lowest BCUT2D eigenvalue weighted by Crippen LogP contribution is -2.46. The summed E-state index contributed by atoms with van der Waals surface area (Å²) in [5, 5.41) is 10.1. The van der Waals surface area contributed by atoms with Gasteiger partial charge < -0.3 is 9.84 Å². The maximum absolute atomic E-state index is 12.4. The Labute approximate surface area is 150 Å². The summed E-state index contributed by atoms with van der Waals surface area (Å²) in [5.41, 5.74) is -1.24. The van der Waals surface area contributed by atoms with Crippen LogP contribution in [-0.2, 0) is 19.0 Å². The molecule has 3 unspecified atom stereocenters. The number of aryl methyl sites for hydroxylation is 1. The van der Waals surface area contributed by atoms with Crippen molar-refractivity contribution in [3.63, 3.8) is 0 Å². The van der Waals surface area contributed by atoms with Crippen molar-refractivity contribution in [2.45, 2.75) is 63.6 Å². The van der Waals surface area contributed by atoms with Crippen molar-refractivity contribution in [2.24, 2.45) is 5.41 Å². The van der Waals surface area contributed by atoms with Gasteiger partial charge in [0.25, 0.3) is 10.1 Å². The fourth-order valence-electron chi connectivity index (χ4n) is 1.85. The van der Waals surface area contributed by atoms with E-state index in [1.807, 2.05) is 27.7 Å². The minimum absolute atomic E-state index is 0.0773. The molecule has 0 bridgehead atoms. The molecule has 0 aliphatic rings. The Bertz CT molecular complexity index is 632. The molecule has 24 heavy (non-hydrogen) atoms. The first kappa shape index (κ1) is 21.4. The van der Waals surface area contributed by atoms with Gasteiger partial charge in [-0.1, -0.05) is 24.6 Å². The molecule has 1 aromatic rings. The summed E-state index contributed by atoms with van der Waals surface area (Å²) < 4.78 is 35.7. The van der Waals surface area contributed by atoms with Crippen molar-refractivity contribution in [2.75, 3.05) is 6.61 Å². The zero-order valence-corrected chi connectivity index (χ0v) is 16.8. The summed E-state index contributed by atoms with van der Waals surface area (Å²) >= 11 is 4.42. The lowest BCUT2D eigenvalue weighted by Gasteiger charge is -2.39. The van der Waals surface area contributed by atoms with Gasteiger partial charge in [0.1, 0.15) is 5.44 Å². The standard InChI is InChI=1S/C17H28O5S2/c1-12-7-9-14(10-8-12)24(19,20)21-11-17(6,13(2)18)15(23)22-16(3,4)5/h7-10,13,15,18,23H,11H2,1-6H3. The van der Waals surface area contributed by atoms with Crippen LogP contribution in [0.25, 0.3) is 0 Å².